The predicted octanol–water partition coefficient (Wildman–Crippen LogP) is 3.99. The van der Waals surface area contributed by atoms with E-state index in [2.05, 4.69) is 33.5 Å². The molecule has 5 nitrogen and oxygen atoms in total. The number of hydrogen-bond acceptors (Lipinski definition) is 7. The minimum atomic E-state index is 0.353. The molecule has 0 bridgehead atoms. The average Bonchev–Trinajstić information content (AvgIpc) is 3.17. The van der Waals surface area contributed by atoms with Crippen molar-refractivity contribution in [3.63, 3.8) is 0 Å². The molecule has 104 valence electrons. The number of thiazole rings is 1. The van der Waals surface area contributed by atoms with Gasteiger partial charge in [-0.05, 0) is 12.1 Å². The van der Waals surface area contributed by atoms with Gasteiger partial charge in [0.2, 0.25) is 5.13 Å². The summed E-state index contributed by atoms with van der Waals surface area (Å²) in [7, 11) is 0. The fourth-order valence-corrected chi connectivity index (χ4v) is 3.10. The first-order chi connectivity index (χ1) is 9.72. The normalized spacial score (nSPS) is 11.2. The third-order valence-electron chi connectivity index (χ3n) is 2.66. The van der Waals surface area contributed by atoms with Crippen LogP contribution in [0.1, 0.15) is 31.3 Å². The molecule has 0 aromatic carbocycles. The Balaban J connectivity index is 1.63. The van der Waals surface area contributed by atoms with E-state index in [4.69, 9.17) is 4.42 Å². The number of anilines is 1. The van der Waals surface area contributed by atoms with Crippen LogP contribution in [0.25, 0.3) is 10.8 Å². The van der Waals surface area contributed by atoms with Crippen LogP contribution in [0.5, 0.6) is 0 Å². The highest BCUT2D eigenvalue weighted by atomic mass is 32.1. The molecule has 3 rings (SSSR count). The van der Waals surface area contributed by atoms with Crippen LogP contribution >= 0.6 is 22.9 Å². The zero-order chi connectivity index (χ0) is 13.9. The molecule has 0 spiro atoms. The van der Waals surface area contributed by atoms with Gasteiger partial charge in [-0.1, -0.05) is 13.8 Å². The summed E-state index contributed by atoms with van der Waals surface area (Å²) >= 11 is 2.96. The first-order valence-corrected chi connectivity index (χ1v) is 7.93. The standard InChI is InChI=1S/C13H14N4OS2/c1-8(2)11-16-13(20-17-11)14-6-9-7-19-12(15-9)10-4-3-5-18-10/h3-5,7-8H,6H2,1-2H3,(H,14,16,17). The average molecular weight is 306 g/mol. The van der Waals surface area contributed by atoms with Gasteiger partial charge in [0.1, 0.15) is 5.82 Å². The fraction of sp³-hybridized carbons (Fsp3) is 0.308. The van der Waals surface area contributed by atoms with E-state index in [1.54, 1.807) is 17.6 Å². The third kappa shape index (κ3) is 2.88. The van der Waals surface area contributed by atoms with Crippen LogP contribution < -0.4 is 5.32 Å². The Morgan fingerprint density at radius 1 is 1.35 bits per heavy atom. The molecular formula is C13H14N4OS2. The summed E-state index contributed by atoms with van der Waals surface area (Å²) in [6, 6.07) is 3.78. The summed E-state index contributed by atoms with van der Waals surface area (Å²) in [5.41, 5.74) is 0.975. The molecule has 1 N–H and O–H groups in total. The molecular weight excluding hydrogens is 292 g/mol. The summed E-state index contributed by atoms with van der Waals surface area (Å²) in [6.45, 7) is 4.81. The maximum atomic E-state index is 5.33. The molecule has 0 atom stereocenters. The molecule has 0 aliphatic heterocycles. The van der Waals surface area contributed by atoms with Crippen molar-refractivity contribution in [1.82, 2.24) is 14.3 Å². The van der Waals surface area contributed by atoms with Crippen molar-refractivity contribution in [3.8, 4) is 10.8 Å². The van der Waals surface area contributed by atoms with Crippen molar-refractivity contribution in [3.05, 3.63) is 35.3 Å². The molecule has 20 heavy (non-hydrogen) atoms. The first-order valence-electron chi connectivity index (χ1n) is 6.28. The molecule has 0 amide bonds. The summed E-state index contributed by atoms with van der Waals surface area (Å²) in [5, 5.41) is 7.01. The van der Waals surface area contributed by atoms with Crippen LogP contribution in [0.3, 0.4) is 0 Å². The van der Waals surface area contributed by atoms with E-state index < -0.39 is 0 Å². The molecule has 0 saturated heterocycles. The number of aromatic nitrogens is 3. The van der Waals surface area contributed by atoms with Crippen LogP contribution in [0.4, 0.5) is 5.13 Å². The summed E-state index contributed by atoms with van der Waals surface area (Å²) in [6.07, 6.45) is 1.66. The Hall–Kier alpha value is -1.73. The zero-order valence-corrected chi connectivity index (χ0v) is 12.8. The lowest BCUT2D eigenvalue weighted by atomic mass is 10.2. The molecule has 0 radical (unpaired) electrons. The van der Waals surface area contributed by atoms with Crippen molar-refractivity contribution in [1.29, 1.82) is 0 Å². The Labute approximate surface area is 124 Å². The van der Waals surface area contributed by atoms with Gasteiger partial charge in [-0.15, -0.1) is 11.3 Å². The summed E-state index contributed by atoms with van der Waals surface area (Å²) < 4.78 is 9.64. The predicted molar refractivity (Wildman–Crippen MR) is 81.1 cm³/mol. The molecule has 7 heteroatoms. The van der Waals surface area contributed by atoms with E-state index in [0.717, 1.165) is 27.4 Å². The van der Waals surface area contributed by atoms with Crippen molar-refractivity contribution >= 4 is 28.0 Å². The van der Waals surface area contributed by atoms with E-state index in [1.807, 2.05) is 17.5 Å². The quantitative estimate of drug-likeness (QED) is 0.772. The highest BCUT2D eigenvalue weighted by Gasteiger charge is 2.09. The van der Waals surface area contributed by atoms with Gasteiger partial charge in [0, 0.05) is 22.8 Å². The first kappa shape index (κ1) is 13.3. The Morgan fingerprint density at radius 2 is 2.25 bits per heavy atom. The van der Waals surface area contributed by atoms with E-state index in [0.29, 0.717) is 12.5 Å². The minimum Gasteiger partial charge on any atom is -0.462 e. The zero-order valence-electron chi connectivity index (χ0n) is 11.2. The van der Waals surface area contributed by atoms with Crippen molar-refractivity contribution in [2.75, 3.05) is 5.32 Å². The number of rotatable bonds is 5. The van der Waals surface area contributed by atoms with Crippen LogP contribution in [0.15, 0.2) is 28.2 Å². The lowest BCUT2D eigenvalue weighted by molar-refractivity contribution is 0.581. The van der Waals surface area contributed by atoms with Gasteiger partial charge in [0.05, 0.1) is 18.5 Å². The number of furan rings is 1. The van der Waals surface area contributed by atoms with E-state index in [-0.39, 0.29) is 0 Å². The van der Waals surface area contributed by atoms with Crippen LogP contribution in [-0.4, -0.2) is 14.3 Å². The molecule has 0 fully saturated rings. The largest absolute Gasteiger partial charge is 0.462 e. The minimum absolute atomic E-state index is 0.353. The SMILES string of the molecule is CC(C)c1nsc(NCc2csc(-c3ccco3)n2)n1. The Bertz CT molecular complexity index is 672. The van der Waals surface area contributed by atoms with Crippen LogP contribution in [0, 0.1) is 0 Å². The molecule has 3 heterocycles. The topological polar surface area (TPSA) is 63.8 Å². The summed E-state index contributed by atoms with van der Waals surface area (Å²) in [4.78, 5) is 8.96. The van der Waals surface area contributed by atoms with Crippen molar-refractivity contribution in [2.24, 2.45) is 0 Å². The van der Waals surface area contributed by atoms with Gasteiger partial charge in [0.15, 0.2) is 10.8 Å². The Kier molecular flexibility index (Phi) is 3.79. The molecule has 0 unspecified atom stereocenters. The number of nitrogens with one attached hydrogen (secondary N) is 1. The van der Waals surface area contributed by atoms with Gasteiger partial charge >= 0.3 is 0 Å². The lowest BCUT2D eigenvalue weighted by Crippen LogP contribution is -1.99. The second kappa shape index (κ2) is 5.72. The highest BCUT2D eigenvalue weighted by Crippen LogP contribution is 2.24. The van der Waals surface area contributed by atoms with E-state index in [1.165, 1.54) is 11.5 Å². The second-order valence-corrected chi connectivity index (χ2v) is 6.20. The van der Waals surface area contributed by atoms with Gasteiger partial charge in [0.25, 0.3) is 0 Å². The highest BCUT2D eigenvalue weighted by molar-refractivity contribution is 7.13. The van der Waals surface area contributed by atoms with E-state index >= 15 is 0 Å². The molecule has 0 aliphatic carbocycles. The van der Waals surface area contributed by atoms with Gasteiger partial charge in [-0.2, -0.15) is 4.37 Å². The van der Waals surface area contributed by atoms with Gasteiger partial charge in [-0.25, -0.2) is 9.97 Å². The van der Waals surface area contributed by atoms with Crippen LogP contribution in [0.2, 0.25) is 0 Å². The molecule has 0 aliphatic rings. The Morgan fingerprint density at radius 3 is 2.95 bits per heavy atom. The second-order valence-electron chi connectivity index (χ2n) is 4.59. The molecule has 3 aromatic heterocycles. The number of nitrogens with zero attached hydrogens (tertiary/aromatic N) is 3. The van der Waals surface area contributed by atoms with Gasteiger partial charge < -0.3 is 9.73 Å². The summed E-state index contributed by atoms with van der Waals surface area (Å²) in [5.74, 6) is 2.04. The monoisotopic (exact) mass is 306 g/mol. The van der Waals surface area contributed by atoms with Crippen LogP contribution in [-0.2, 0) is 6.54 Å². The maximum absolute atomic E-state index is 5.33. The smallest absolute Gasteiger partial charge is 0.202 e. The fourth-order valence-electron chi connectivity index (χ4n) is 1.61. The third-order valence-corrected chi connectivity index (χ3v) is 4.26. The van der Waals surface area contributed by atoms with Crippen molar-refractivity contribution in [2.45, 2.75) is 26.3 Å². The van der Waals surface area contributed by atoms with Crippen molar-refractivity contribution < 1.29 is 4.42 Å². The molecule has 3 aromatic rings. The number of hydrogen-bond donors (Lipinski definition) is 1. The lowest BCUT2D eigenvalue weighted by Gasteiger charge is -1.98. The maximum Gasteiger partial charge on any atom is 0.202 e. The molecule has 0 saturated carbocycles. The van der Waals surface area contributed by atoms with Gasteiger partial charge in [-0.3, -0.25) is 0 Å². The van der Waals surface area contributed by atoms with E-state index in [9.17, 15) is 0 Å².